The van der Waals surface area contributed by atoms with Crippen LogP contribution >= 0.6 is 0 Å². The average Bonchev–Trinajstić information content (AvgIpc) is 2.69. The third-order valence-corrected chi connectivity index (χ3v) is 2.48. The number of nitrogens with two attached hydrogens (primary N) is 1. The van der Waals surface area contributed by atoms with Crippen LogP contribution in [0.3, 0.4) is 0 Å². The number of anilines is 1. The van der Waals surface area contributed by atoms with E-state index in [1.54, 1.807) is 10.7 Å². The van der Waals surface area contributed by atoms with Crippen molar-refractivity contribution >= 4 is 11.3 Å². The van der Waals surface area contributed by atoms with Crippen LogP contribution in [0.15, 0.2) is 48.8 Å². The van der Waals surface area contributed by atoms with E-state index in [1.807, 2.05) is 42.6 Å². The Hall–Kier alpha value is -2.36. The summed E-state index contributed by atoms with van der Waals surface area (Å²) in [6.45, 7) is 0. The standard InChI is InChI=1S/C12H10N4/c13-10-11(9-5-2-1-3-6-9)15-16-8-4-7-14-12(10)16/h1-8H,13H2. The number of fused-ring (bicyclic) bond motifs is 1. The van der Waals surface area contributed by atoms with E-state index in [1.165, 1.54) is 0 Å². The summed E-state index contributed by atoms with van der Waals surface area (Å²) in [6, 6.07) is 11.7. The highest BCUT2D eigenvalue weighted by atomic mass is 15.3. The van der Waals surface area contributed by atoms with E-state index in [0.29, 0.717) is 11.3 Å². The summed E-state index contributed by atoms with van der Waals surface area (Å²) >= 11 is 0. The molecule has 3 rings (SSSR count). The number of rotatable bonds is 1. The normalized spacial score (nSPS) is 10.8. The average molecular weight is 210 g/mol. The lowest BCUT2D eigenvalue weighted by Crippen LogP contribution is -1.89. The molecular formula is C12H10N4. The highest BCUT2D eigenvalue weighted by molar-refractivity contribution is 5.82. The molecule has 0 unspecified atom stereocenters. The van der Waals surface area contributed by atoms with Gasteiger partial charge in [0.05, 0.1) is 0 Å². The minimum atomic E-state index is 0.617. The Morgan fingerprint density at radius 2 is 1.88 bits per heavy atom. The molecule has 0 bridgehead atoms. The molecule has 16 heavy (non-hydrogen) atoms. The number of nitrogen functional groups attached to an aromatic ring is 1. The minimum absolute atomic E-state index is 0.617. The predicted octanol–water partition coefficient (Wildman–Crippen LogP) is 1.98. The fraction of sp³-hybridized carbons (Fsp3) is 0. The quantitative estimate of drug-likeness (QED) is 0.668. The summed E-state index contributed by atoms with van der Waals surface area (Å²) in [4.78, 5) is 4.20. The third-order valence-electron chi connectivity index (χ3n) is 2.48. The van der Waals surface area contributed by atoms with Crippen LogP contribution < -0.4 is 5.73 Å². The summed E-state index contributed by atoms with van der Waals surface area (Å²) in [7, 11) is 0. The first-order chi connectivity index (χ1) is 7.86. The van der Waals surface area contributed by atoms with Crippen molar-refractivity contribution in [3.05, 3.63) is 48.8 Å². The van der Waals surface area contributed by atoms with Gasteiger partial charge in [-0.25, -0.2) is 9.50 Å². The van der Waals surface area contributed by atoms with Crippen molar-refractivity contribution < 1.29 is 0 Å². The molecule has 0 radical (unpaired) electrons. The van der Waals surface area contributed by atoms with Crippen LogP contribution in [-0.2, 0) is 0 Å². The van der Waals surface area contributed by atoms with Crippen molar-refractivity contribution in [3.63, 3.8) is 0 Å². The molecule has 0 saturated carbocycles. The third kappa shape index (κ3) is 1.24. The van der Waals surface area contributed by atoms with Crippen molar-refractivity contribution in [1.29, 1.82) is 0 Å². The molecule has 0 aliphatic heterocycles. The van der Waals surface area contributed by atoms with Crippen molar-refractivity contribution in [2.75, 3.05) is 5.73 Å². The zero-order chi connectivity index (χ0) is 11.0. The molecule has 1 aromatic carbocycles. The van der Waals surface area contributed by atoms with E-state index in [-0.39, 0.29) is 0 Å². The van der Waals surface area contributed by atoms with Gasteiger partial charge in [0.25, 0.3) is 0 Å². The molecule has 0 spiro atoms. The van der Waals surface area contributed by atoms with E-state index in [2.05, 4.69) is 10.1 Å². The van der Waals surface area contributed by atoms with Crippen LogP contribution in [0, 0.1) is 0 Å². The lowest BCUT2D eigenvalue weighted by molar-refractivity contribution is 0.943. The van der Waals surface area contributed by atoms with E-state index in [0.717, 1.165) is 11.3 Å². The summed E-state index contributed by atoms with van der Waals surface area (Å²) in [5.41, 5.74) is 9.12. The highest BCUT2D eigenvalue weighted by Gasteiger charge is 2.11. The van der Waals surface area contributed by atoms with E-state index in [4.69, 9.17) is 5.73 Å². The van der Waals surface area contributed by atoms with Gasteiger partial charge in [0.15, 0.2) is 5.65 Å². The molecular weight excluding hydrogens is 200 g/mol. The van der Waals surface area contributed by atoms with E-state index >= 15 is 0 Å². The van der Waals surface area contributed by atoms with E-state index in [9.17, 15) is 0 Å². The van der Waals surface area contributed by atoms with Gasteiger partial charge in [-0.1, -0.05) is 30.3 Å². The molecule has 2 aromatic heterocycles. The Balaban J connectivity index is 2.29. The second-order valence-corrected chi connectivity index (χ2v) is 3.52. The first kappa shape index (κ1) is 8.91. The highest BCUT2D eigenvalue weighted by Crippen LogP contribution is 2.26. The zero-order valence-corrected chi connectivity index (χ0v) is 8.54. The Bertz CT molecular complexity index is 628. The van der Waals surface area contributed by atoms with Gasteiger partial charge >= 0.3 is 0 Å². The molecule has 0 aliphatic rings. The Kier molecular flexibility index (Phi) is 1.86. The number of benzene rings is 1. The Morgan fingerprint density at radius 1 is 1.06 bits per heavy atom. The van der Waals surface area contributed by atoms with Crippen LogP contribution in [0.4, 0.5) is 5.69 Å². The van der Waals surface area contributed by atoms with Crippen molar-refractivity contribution in [2.24, 2.45) is 0 Å². The molecule has 4 nitrogen and oxygen atoms in total. The number of aromatic nitrogens is 3. The summed E-state index contributed by atoms with van der Waals surface area (Å²) < 4.78 is 1.69. The molecule has 2 N–H and O–H groups in total. The Labute approximate surface area is 92.4 Å². The second kappa shape index (κ2) is 3.34. The first-order valence-corrected chi connectivity index (χ1v) is 5.00. The molecule has 0 aliphatic carbocycles. The van der Waals surface area contributed by atoms with Gasteiger partial charge < -0.3 is 5.73 Å². The predicted molar refractivity (Wildman–Crippen MR) is 62.8 cm³/mol. The maximum Gasteiger partial charge on any atom is 0.178 e. The summed E-state index contributed by atoms with van der Waals surface area (Å²) in [5.74, 6) is 0. The lowest BCUT2D eigenvalue weighted by Gasteiger charge is -1.95. The number of hydrogen-bond acceptors (Lipinski definition) is 3. The smallest absolute Gasteiger partial charge is 0.178 e. The van der Waals surface area contributed by atoms with Crippen LogP contribution in [0.5, 0.6) is 0 Å². The maximum absolute atomic E-state index is 6.03. The van der Waals surface area contributed by atoms with Crippen molar-refractivity contribution in [3.8, 4) is 11.3 Å². The fourth-order valence-electron chi connectivity index (χ4n) is 1.71. The van der Waals surface area contributed by atoms with Crippen molar-refractivity contribution in [1.82, 2.24) is 14.6 Å². The summed E-state index contributed by atoms with van der Waals surface area (Å²) in [6.07, 6.45) is 3.55. The monoisotopic (exact) mass is 210 g/mol. The Morgan fingerprint density at radius 3 is 2.62 bits per heavy atom. The van der Waals surface area contributed by atoms with Gasteiger partial charge in [-0.3, -0.25) is 0 Å². The van der Waals surface area contributed by atoms with Gasteiger partial charge in [0.2, 0.25) is 0 Å². The van der Waals surface area contributed by atoms with Crippen molar-refractivity contribution in [2.45, 2.75) is 0 Å². The first-order valence-electron chi connectivity index (χ1n) is 5.00. The molecule has 2 heterocycles. The minimum Gasteiger partial charge on any atom is -0.394 e. The zero-order valence-electron chi connectivity index (χ0n) is 8.54. The van der Waals surface area contributed by atoms with Crippen LogP contribution in [0.1, 0.15) is 0 Å². The molecule has 3 aromatic rings. The topological polar surface area (TPSA) is 56.2 Å². The van der Waals surface area contributed by atoms with Gasteiger partial charge in [-0.05, 0) is 6.07 Å². The van der Waals surface area contributed by atoms with Gasteiger partial charge in [0, 0.05) is 18.0 Å². The van der Waals surface area contributed by atoms with E-state index < -0.39 is 0 Å². The molecule has 0 amide bonds. The SMILES string of the molecule is Nc1c(-c2ccccc2)nn2cccnc12. The molecule has 0 atom stereocenters. The molecule has 0 saturated heterocycles. The fourth-order valence-corrected chi connectivity index (χ4v) is 1.71. The van der Waals surface area contributed by atoms with Crippen LogP contribution in [0.2, 0.25) is 0 Å². The summed E-state index contributed by atoms with van der Waals surface area (Å²) in [5, 5.41) is 4.41. The van der Waals surface area contributed by atoms with Crippen LogP contribution in [0.25, 0.3) is 16.9 Å². The number of hydrogen-bond donors (Lipinski definition) is 1. The van der Waals surface area contributed by atoms with Gasteiger partial charge in [0.1, 0.15) is 11.4 Å². The van der Waals surface area contributed by atoms with Crippen LogP contribution in [-0.4, -0.2) is 14.6 Å². The largest absolute Gasteiger partial charge is 0.394 e. The van der Waals surface area contributed by atoms with Gasteiger partial charge in [-0.2, -0.15) is 5.10 Å². The lowest BCUT2D eigenvalue weighted by atomic mass is 10.1. The molecule has 0 fully saturated rings. The molecule has 78 valence electrons. The molecule has 4 heteroatoms. The number of nitrogens with zero attached hydrogens (tertiary/aromatic N) is 3. The van der Waals surface area contributed by atoms with Gasteiger partial charge in [-0.15, -0.1) is 0 Å². The maximum atomic E-state index is 6.03. The second-order valence-electron chi connectivity index (χ2n) is 3.52.